The van der Waals surface area contributed by atoms with Crippen LogP contribution in [-0.2, 0) is 4.74 Å². The van der Waals surface area contributed by atoms with Crippen LogP contribution in [0, 0.1) is 0 Å². The zero-order chi connectivity index (χ0) is 14.8. The SMILES string of the molecule is CCOc1ccccc1OCCOC(CC)(CC)CN. The number of rotatable bonds is 10. The third-order valence-corrected chi connectivity index (χ3v) is 3.56. The second-order valence-corrected chi connectivity index (χ2v) is 4.67. The zero-order valence-corrected chi connectivity index (χ0v) is 12.9. The number of hydrogen-bond donors (Lipinski definition) is 1. The summed E-state index contributed by atoms with van der Waals surface area (Å²) in [6.07, 6.45) is 1.82. The molecule has 0 bridgehead atoms. The molecule has 0 radical (unpaired) electrons. The summed E-state index contributed by atoms with van der Waals surface area (Å²) in [5.74, 6) is 1.52. The second kappa shape index (κ2) is 8.82. The molecule has 20 heavy (non-hydrogen) atoms. The van der Waals surface area contributed by atoms with Crippen molar-refractivity contribution in [1.82, 2.24) is 0 Å². The number of ether oxygens (including phenoxy) is 3. The third-order valence-electron chi connectivity index (χ3n) is 3.56. The van der Waals surface area contributed by atoms with Crippen molar-refractivity contribution in [3.8, 4) is 11.5 Å². The lowest BCUT2D eigenvalue weighted by Gasteiger charge is -2.30. The maximum Gasteiger partial charge on any atom is 0.161 e. The highest BCUT2D eigenvalue weighted by atomic mass is 16.5. The van der Waals surface area contributed by atoms with E-state index in [0.29, 0.717) is 26.4 Å². The second-order valence-electron chi connectivity index (χ2n) is 4.67. The van der Waals surface area contributed by atoms with Gasteiger partial charge < -0.3 is 19.9 Å². The van der Waals surface area contributed by atoms with Crippen molar-refractivity contribution < 1.29 is 14.2 Å². The Morgan fingerprint density at radius 1 is 0.950 bits per heavy atom. The average molecular weight is 281 g/mol. The van der Waals surface area contributed by atoms with Crippen molar-refractivity contribution in [2.75, 3.05) is 26.4 Å². The Hall–Kier alpha value is -1.26. The average Bonchev–Trinajstić information content (AvgIpc) is 2.50. The quantitative estimate of drug-likeness (QED) is 0.670. The van der Waals surface area contributed by atoms with Gasteiger partial charge in [0.25, 0.3) is 0 Å². The van der Waals surface area contributed by atoms with Crippen LogP contribution in [0.2, 0.25) is 0 Å². The molecular weight excluding hydrogens is 254 g/mol. The van der Waals surface area contributed by atoms with Crippen LogP contribution in [0.4, 0.5) is 0 Å². The minimum Gasteiger partial charge on any atom is -0.490 e. The maximum atomic E-state index is 5.91. The molecule has 1 rings (SSSR count). The first kappa shape index (κ1) is 16.8. The van der Waals surface area contributed by atoms with Crippen molar-refractivity contribution in [3.05, 3.63) is 24.3 Å². The molecule has 1 aromatic rings. The van der Waals surface area contributed by atoms with Gasteiger partial charge >= 0.3 is 0 Å². The van der Waals surface area contributed by atoms with Crippen LogP contribution in [0.25, 0.3) is 0 Å². The van der Waals surface area contributed by atoms with Gasteiger partial charge in [0.05, 0.1) is 18.8 Å². The monoisotopic (exact) mass is 281 g/mol. The lowest BCUT2D eigenvalue weighted by Crippen LogP contribution is -2.40. The Kier molecular flexibility index (Phi) is 7.41. The van der Waals surface area contributed by atoms with Crippen LogP contribution in [0.3, 0.4) is 0 Å². The van der Waals surface area contributed by atoms with Gasteiger partial charge in [-0.2, -0.15) is 0 Å². The highest BCUT2D eigenvalue weighted by Gasteiger charge is 2.24. The van der Waals surface area contributed by atoms with E-state index in [9.17, 15) is 0 Å². The van der Waals surface area contributed by atoms with Crippen LogP contribution in [0.15, 0.2) is 24.3 Å². The molecule has 0 aliphatic heterocycles. The summed E-state index contributed by atoms with van der Waals surface area (Å²) in [5, 5.41) is 0. The fraction of sp³-hybridized carbons (Fsp3) is 0.625. The molecule has 0 aliphatic rings. The van der Waals surface area contributed by atoms with E-state index in [1.54, 1.807) is 0 Å². The molecular formula is C16H27NO3. The summed E-state index contributed by atoms with van der Waals surface area (Å²) in [6.45, 7) is 8.33. The number of nitrogens with two attached hydrogens (primary N) is 1. The van der Waals surface area contributed by atoms with Crippen molar-refractivity contribution >= 4 is 0 Å². The molecule has 0 heterocycles. The van der Waals surface area contributed by atoms with E-state index in [1.807, 2.05) is 31.2 Å². The summed E-state index contributed by atoms with van der Waals surface area (Å²) >= 11 is 0. The first-order valence-electron chi connectivity index (χ1n) is 7.40. The largest absolute Gasteiger partial charge is 0.490 e. The number of para-hydroxylation sites is 2. The van der Waals surface area contributed by atoms with Crippen molar-refractivity contribution in [2.24, 2.45) is 5.73 Å². The molecule has 114 valence electrons. The fourth-order valence-electron chi connectivity index (χ4n) is 2.06. The van der Waals surface area contributed by atoms with Crippen LogP contribution >= 0.6 is 0 Å². The number of hydrogen-bond acceptors (Lipinski definition) is 4. The van der Waals surface area contributed by atoms with Crippen LogP contribution in [-0.4, -0.2) is 32.0 Å². The minimum atomic E-state index is -0.219. The molecule has 0 saturated carbocycles. The molecule has 0 fully saturated rings. The molecule has 4 nitrogen and oxygen atoms in total. The highest BCUT2D eigenvalue weighted by molar-refractivity contribution is 5.39. The fourth-order valence-corrected chi connectivity index (χ4v) is 2.06. The van der Waals surface area contributed by atoms with Gasteiger partial charge in [-0.15, -0.1) is 0 Å². The first-order valence-corrected chi connectivity index (χ1v) is 7.40. The van der Waals surface area contributed by atoms with Crippen molar-refractivity contribution in [3.63, 3.8) is 0 Å². The molecule has 4 heteroatoms. The normalized spacial score (nSPS) is 11.4. The summed E-state index contributed by atoms with van der Waals surface area (Å²) in [7, 11) is 0. The molecule has 0 unspecified atom stereocenters. The van der Waals surface area contributed by atoms with E-state index in [0.717, 1.165) is 24.3 Å². The molecule has 0 aromatic heterocycles. The van der Waals surface area contributed by atoms with Gasteiger partial charge in [0.2, 0.25) is 0 Å². The van der Waals surface area contributed by atoms with E-state index in [2.05, 4.69) is 13.8 Å². The predicted molar refractivity (Wildman–Crippen MR) is 81.4 cm³/mol. The van der Waals surface area contributed by atoms with E-state index in [-0.39, 0.29) is 5.60 Å². The molecule has 2 N–H and O–H groups in total. The Balaban J connectivity index is 2.45. The molecule has 1 aromatic carbocycles. The van der Waals surface area contributed by atoms with Crippen LogP contribution < -0.4 is 15.2 Å². The lowest BCUT2D eigenvalue weighted by molar-refractivity contribution is -0.0542. The van der Waals surface area contributed by atoms with Gasteiger partial charge in [-0.3, -0.25) is 0 Å². The Labute approximate surface area is 122 Å². The first-order chi connectivity index (χ1) is 9.71. The lowest BCUT2D eigenvalue weighted by atomic mass is 9.97. The van der Waals surface area contributed by atoms with Crippen molar-refractivity contribution in [1.29, 1.82) is 0 Å². The Bertz CT molecular complexity index is 369. The van der Waals surface area contributed by atoms with E-state index in [4.69, 9.17) is 19.9 Å². The summed E-state index contributed by atoms with van der Waals surface area (Å²) in [4.78, 5) is 0. The molecule has 0 aliphatic carbocycles. The van der Waals surface area contributed by atoms with E-state index in [1.165, 1.54) is 0 Å². The van der Waals surface area contributed by atoms with Crippen molar-refractivity contribution in [2.45, 2.75) is 39.2 Å². The van der Waals surface area contributed by atoms with Gasteiger partial charge in [0.15, 0.2) is 11.5 Å². The van der Waals surface area contributed by atoms with Crippen LogP contribution in [0.5, 0.6) is 11.5 Å². The van der Waals surface area contributed by atoms with Gasteiger partial charge in [-0.25, -0.2) is 0 Å². The summed E-state index contributed by atoms with van der Waals surface area (Å²) in [5.41, 5.74) is 5.58. The Morgan fingerprint density at radius 2 is 1.55 bits per heavy atom. The van der Waals surface area contributed by atoms with Gasteiger partial charge in [0.1, 0.15) is 6.61 Å². The highest BCUT2D eigenvalue weighted by Crippen LogP contribution is 2.26. The van der Waals surface area contributed by atoms with Gasteiger partial charge in [-0.05, 0) is 31.9 Å². The molecule has 0 atom stereocenters. The third kappa shape index (κ3) is 4.69. The topological polar surface area (TPSA) is 53.7 Å². The molecule has 0 saturated heterocycles. The summed E-state index contributed by atoms with van der Waals surface area (Å²) in [6, 6.07) is 7.67. The molecule has 0 spiro atoms. The van der Waals surface area contributed by atoms with Gasteiger partial charge in [-0.1, -0.05) is 26.0 Å². The molecule has 0 amide bonds. The predicted octanol–water partition coefficient (Wildman–Crippen LogP) is 3.00. The van der Waals surface area contributed by atoms with E-state index >= 15 is 0 Å². The zero-order valence-electron chi connectivity index (χ0n) is 12.9. The smallest absolute Gasteiger partial charge is 0.161 e. The number of benzene rings is 1. The summed E-state index contributed by atoms with van der Waals surface area (Å²) < 4.78 is 17.1. The maximum absolute atomic E-state index is 5.91. The van der Waals surface area contributed by atoms with E-state index < -0.39 is 0 Å². The standard InChI is InChI=1S/C16H27NO3/c1-4-16(5-2,13-17)20-12-11-19-15-10-8-7-9-14(15)18-6-3/h7-10H,4-6,11-13,17H2,1-3H3. The minimum absolute atomic E-state index is 0.219. The van der Waals surface area contributed by atoms with Gasteiger partial charge in [0, 0.05) is 6.54 Å². The van der Waals surface area contributed by atoms with Crippen LogP contribution in [0.1, 0.15) is 33.6 Å². The Morgan fingerprint density at radius 3 is 2.05 bits per heavy atom.